The largest absolute Gasteiger partial charge is 0.451 e. The van der Waals surface area contributed by atoms with E-state index >= 15 is 0 Å². The molecule has 4 fully saturated rings. The average molecular weight is 565 g/mol. The summed E-state index contributed by atoms with van der Waals surface area (Å²) in [6.07, 6.45) is 8.54. The highest BCUT2D eigenvalue weighted by molar-refractivity contribution is 5.97. The number of likely N-dealkylation sites (tertiary alicyclic amines) is 1. The van der Waals surface area contributed by atoms with Crippen LogP contribution in [0.15, 0.2) is 30.7 Å². The average Bonchev–Trinajstić information content (AvgIpc) is 3.56. The van der Waals surface area contributed by atoms with Gasteiger partial charge in [-0.05, 0) is 83.9 Å². The third-order valence-corrected chi connectivity index (χ3v) is 9.51. The van der Waals surface area contributed by atoms with E-state index in [1.54, 1.807) is 11.1 Å². The molecule has 0 radical (unpaired) electrons. The first-order valence-corrected chi connectivity index (χ1v) is 15.0. The first-order chi connectivity index (χ1) is 19.6. The van der Waals surface area contributed by atoms with Gasteiger partial charge in [-0.3, -0.25) is 9.59 Å². The number of carbonyl (C=O) groups excluding carboxylic acids is 2. The molecule has 220 valence electrons. The fourth-order valence-electron chi connectivity index (χ4n) is 7.46. The Hall–Kier alpha value is -3.27. The standard InChI is InChI=1S/C31H41FN6O3/c1-19(2)38(20(3)4)29(39)24-14-22(32)6-8-25(24)41-26-15-33-18-34-28(26)37-16-31(17-37)9-11-36(12-10-31)30(40)27-21-5-7-23(13-21)35-27/h6,8,14-15,18-21,23,27,35H,5,7,9-13,16-17H2,1-4H3/t21-,23+,27-/m0/s1. The van der Waals surface area contributed by atoms with Crippen molar-refractivity contribution in [2.75, 3.05) is 31.1 Å². The molecule has 1 N–H and O–H groups in total. The molecule has 10 heteroatoms. The number of hydrogen-bond acceptors (Lipinski definition) is 7. The van der Waals surface area contributed by atoms with Crippen molar-refractivity contribution in [2.24, 2.45) is 11.3 Å². The first kappa shape index (κ1) is 27.9. The van der Waals surface area contributed by atoms with E-state index in [4.69, 9.17) is 4.74 Å². The van der Waals surface area contributed by atoms with Crippen molar-refractivity contribution < 1.29 is 18.7 Å². The minimum Gasteiger partial charge on any atom is -0.451 e. The molecule has 2 amide bonds. The van der Waals surface area contributed by atoms with Gasteiger partial charge in [0, 0.05) is 49.7 Å². The van der Waals surface area contributed by atoms with Gasteiger partial charge in [-0.15, -0.1) is 0 Å². The van der Waals surface area contributed by atoms with Gasteiger partial charge >= 0.3 is 0 Å². The predicted octanol–water partition coefficient (Wildman–Crippen LogP) is 4.24. The minimum absolute atomic E-state index is 0.0119. The number of carbonyl (C=O) groups is 2. The van der Waals surface area contributed by atoms with Crippen molar-refractivity contribution in [1.82, 2.24) is 25.1 Å². The highest BCUT2D eigenvalue weighted by atomic mass is 19.1. The Balaban J connectivity index is 1.13. The molecule has 4 aliphatic rings. The third kappa shape index (κ3) is 5.27. The maximum Gasteiger partial charge on any atom is 0.258 e. The molecule has 0 unspecified atom stereocenters. The lowest BCUT2D eigenvalue weighted by Crippen LogP contribution is -2.62. The van der Waals surface area contributed by atoms with Crippen molar-refractivity contribution >= 4 is 17.6 Å². The van der Waals surface area contributed by atoms with E-state index in [9.17, 15) is 14.0 Å². The maximum absolute atomic E-state index is 14.3. The van der Waals surface area contributed by atoms with Crippen LogP contribution in [-0.2, 0) is 4.79 Å². The summed E-state index contributed by atoms with van der Waals surface area (Å²) in [5, 5.41) is 3.55. The van der Waals surface area contributed by atoms with Crippen LogP contribution in [-0.4, -0.2) is 81.9 Å². The molecular weight excluding hydrogens is 523 g/mol. The van der Waals surface area contributed by atoms with Crippen molar-refractivity contribution in [1.29, 1.82) is 0 Å². The van der Waals surface area contributed by atoms with Gasteiger partial charge in [-0.25, -0.2) is 14.4 Å². The molecule has 4 heterocycles. The van der Waals surface area contributed by atoms with E-state index in [-0.39, 0.29) is 46.7 Å². The number of amides is 2. The number of benzene rings is 1. The molecule has 41 heavy (non-hydrogen) atoms. The van der Waals surface area contributed by atoms with Crippen LogP contribution >= 0.6 is 0 Å². The summed E-state index contributed by atoms with van der Waals surface area (Å²) >= 11 is 0. The summed E-state index contributed by atoms with van der Waals surface area (Å²) in [7, 11) is 0. The number of hydrogen-bond donors (Lipinski definition) is 1. The van der Waals surface area contributed by atoms with Crippen LogP contribution in [0.5, 0.6) is 11.5 Å². The molecule has 3 atom stereocenters. The van der Waals surface area contributed by atoms with Crippen LogP contribution in [0, 0.1) is 17.2 Å². The normalized spacial score (nSPS) is 24.7. The van der Waals surface area contributed by atoms with Gasteiger partial charge in [-0.1, -0.05) is 0 Å². The van der Waals surface area contributed by atoms with Gasteiger partial charge in [-0.2, -0.15) is 0 Å². The van der Waals surface area contributed by atoms with Crippen LogP contribution in [0.1, 0.15) is 70.2 Å². The Morgan fingerprint density at radius 1 is 1.10 bits per heavy atom. The lowest BCUT2D eigenvalue weighted by atomic mass is 9.72. The number of aromatic nitrogens is 2. The van der Waals surface area contributed by atoms with Crippen molar-refractivity contribution in [3.8, 4) is 11.5 Å². The Morgan fingerprint density at radius 2 is 1.83 bits per heavy atom. The number of halogens is 1. The van der Waals surface area contributed by atoms with Gasteiger partial charge in [0.25, 0.3) is 5.91 Å². The van der Waals surface area contributed by atoms with Gasteiger partial charge < -0.3 is 24.8 Å². The summed E-state index contributed by atoms with van der Waals surface area (Å²) in [4.78, 5) is 41.3. The molecular formula is C31H41FN6O3. The number of nitrogens with zero attached hydrogens (tertiary/aromatic N) is 5. The first-order valence-electron chi connectivity index (χ1n) is 15.0. The Labute approximate surface area is 241 Å². The van der Waals surface area contributed by atoms with Gasteiger partial charge in [0.05, 0.1) is 17.8 Å². The summed E-state index contributed by atoms with van der Waals surface area (Å²) in [5.74, 6) is 1.37. The van der Waals surface area contributed by atoms with Crippen LogP contribution in [0.3, 0.4) is 0 Å². The smallest absolute Gasteiger partial charge is 0.258 e. The van der Waals surface area contributed by atoms with Crippen molar-refractivity contribution in [2.45, 2.75) is 84.0 Å². The summed E-state index contributed by atoms with van der Waals surface area (Å²) < 4.78 is 20.6. The van der Waals surface area contributed by atoms with E-state index in [0.717, 1.165) is 45.4 Å². The van der Waals surface area contributed by atoms with Gasteiger partial charge in [0.15, 0.2) is 11.6 Å². The Morgan fingerprint density at radius 3 is 2.46 bits per heavy atom. The van der Waals surface area contributed by atoms with E-state index in [0.29, 0.717) is 23.5 Å². The number of ether oxygens (including phenoxy) is 1. The van der Waals surface area contributed by atoms with Gasteiger partial charge in [0.1, 0.15) is 17.9 Å². The molecule has 3 aliphatic heterocycles. The molecule has 1 saturated carbocycles. The van der Waals surface area contributed by atoms with E-state index < -0.39 is 5.82 Å². The molecule has 1 aromatic carbocycles. The lowest BCUT2D eigenvalue weighted by Gasteiger charge is -2.54. The topological polar surface area (TPSA) is 90.9 Å². The second-order valence-corrected chi connectivity index (χ2v) is 12.9. The maximum atomic E-state index is 14.3. The number of rotatable bonds is 7. The highest BCUT2D eigenvalue weighted by Gasteiger charge is 2.49. The fraction of sp³-hybridized carbons (Fsp3) is 0.613. The lowest BCUT2D eigenvalue weighted by molar-refractivity contribution is -0.137. The van der Waals surface area contributed by atoms with Crippen LogP contribution in [0.25, 0.3) is 0 Å². The molecule has 3 saturated heterocycles. The molecule has 2 bridgehead atoms. The monoisotopic (exact) mass is 564 g/mol. The molecule has 2 aromatic rings. The number of anilines is 1. The molecule has 1 aromatic heterocycles. The van der Waals surface area contributed by atoms with Crippen molar-refractivity contribution in [3.63, 3.8) is 0 Å². The zero-order valence-corrected chi connectivity index (χ0v) is 24.5. The summed E-state index contributed by atoms with van der Waals surface area (Å²) in [6.45, 7) is 11.0. The minimum atomic E-state index is -0.497. The van der Waals surface area contributed by atoms with Crippen LogP contribution < -0.4 is 15.0 Å². The number of piperidine rings is 2. The quantitative estimate of drug-likeness (QED) is 0.538. The Bertz CT molecular complexity index is 1290. The number of nitrogens with one attached hydrogen (secondary N) is 1. The fourth-order valence-corrected chi connectivity index (χ4v) is 7.46. The van der Waals surface area contributed by atoms with Crippen molar-refractivity contribution in [3.05, 3.63) is 42.1 Å². The van der Waals surface area contributed by atoms with Crippen LogP contribution in [0.4, 0.5) is 10.2 Å². The van der Waals surface area contributed by atoms with E-state index in [1.807, 2.05) is 27.7 Å². The molecule has 1 aliphatic carbocycles. The number of fused-ring (bicyclic) bond motifs is 2. The second kappa shape index (κ2) is 10.9. The van der Waals surface area contributed by atoms with Crippen LogP contribution in [0.2, 0.25) is 0 Å². The zero-order valence-electron chi connectivity index (χ0n) is 24.5. The third-order valence-electron chi connectivity index (χ3n) is 9.51. The summed E-state index contributed by atoms with van der Waals surface area (Å²) in [5.41, 5.74) is 0.317. The molecule has 9 nitrogen and oxygen atoms in total. The van der Waals surface area contributed by atoms with E-state index in [1.165, 1.54) is 37.4 Å². The zero-order chi connectivity index (χ0) is 28.9. The SMILES string of the molecule is CC(C)N(C(=O)c1cc(F)ccc1Oc1cncnc1N1CC2(CCN(C(=O)[C@H]3N[C@@H]4CC[C@H]3C4)CC2)C1)C(C)C. The van der Waals surface area contributed by atoms with E-state index in [2.05, 4.69) is 25.1 Å². The molecule has 1 spiro atoms. The Kier molecular flexibility index (Phi) is 7.38. The highest BCUT2D eigenvalue weighted by Crippen LogP contribution is 2.45. The second-order valence-electron chi connectivity index (χ2n) is 12.9. The predicted molar refractivity (Wildman–Crippen MR) is 153 cm³/mol. The summed E-state index contributed by atoms with van der Waals surface area (Å²) in [6, 6.07) is 4.45. The molecule has 6 rings (SSSR count). The van der Waals surface area contributed by atoms with Gasteiger partial charge in [0.2, 0.25) is 5.91 Å².